The minimum Gasteiger partial charge on any atom is -0.366 e. The SMILES string of the molecule is C=C(Nc1cccc(CNc2cc(-c3ccccc3C)nc3c(PC)cnn23)c1)C1CCCC1. The maximum Gasteiger partial charge on any atom is 0.165 e. The molecule has 0 radical (unpaired) electrons. The molecule has 0 spiro atoms. The molecule has 1 aliphatic rings. The fourth-order valence-corrected chi connectivity index (χ4v) is 5.35. The topological polar surface area (TPSA) is 54.2 Å². The summed E-state index contributed by atoms with van der Waals surface area (Å²) in [6, 6.07) is 19.1. The second-order valence-corrected chi connectivity index (χ2v) is 10.1. The number of hydrogen-bond donors (Lipinski definition) is 2. The molecule has 5 nitrogen and oxygen atoms in total. The molecule has 2 N–H and O–H groups in total. The normalized spacial score (nSPS) is 14.3. The van der Waals surface area contributed by atoms with E-state index in [-0.39, 0.29) is 0 Å². The van der Waals surface area contributed by atoms with E-state index in [0.717, 1.165) is 34.1 Å². The fraction of sp³-hybridized carbons (Fsp3) is 0.286. The van der Waals surface area contributed by atoms with Crippen molar-refractivity contribution in [2.24, 2.45) is 5.92 Å². The van der Waals surface area contributed by atoms with Gasteiger partial charge < -0.3 is 10.6 Å². The molecule has 0 aliphatic heterocycles. The Labute approximate surface area is 203 Å². The van der Waals surface area contributed by atoms with Crippen LogP contribution in [0.5, 0.6) is 0 Å². The average Bonchev–Trinajstić information content (AvgIpc) is 3.53. The number of allylic oxidation sites excluding steroid dienone is 1. The Hall–Kier alpha value is -3.17. The number of fused-ring (bicyclic) bond motifs is 1. The number of nitrogens with zero attached hydrogens (tertiary/aromatic N) is 3. The molecule has 1 atom stereocenters. The third-order valence-electron chi connectivity index (χ3n) is 6.72. The molecule has 1 saturated carbocycles. The van der Waals surface area contributed by atoms with Gasteiger partial charge >= 0.3 is 0 Å². The van der Waals surface area contributed by atoms with Crippen molar-refractivity contribution in [1.29, 1.82) is 0 Å². The lowest BCUT2D eigenvalue weighted by atomic mass is 10.0. The molecule has 1 aliphatic carbocycles. The number of anilines is 2. The predicted molar refractivity (Wildman–Crippen MR) is 146 cm³/mol. The van der Waals surface area contributed by atoms with E-state index in [1.54, 1.807) is 0 Å². The van der Waals surface area contributed by atoms with Crippen molar-refractivity contribution in [2.75, 3.05) is 17.3 Å². The molecule has 2 aromatic heterocycles. The van der Waals surface area contributed by atoms with E-state index in [1.165, 1.54) is 42.1 Å². The standard InChI is InChI=1S/C28H32N5P/c1-19-9-4-7-14-24(19)25-16-27(33-28(32-25)26(34-3)18-30-33)29-17-21-10-8-13-23(15-21)31-20(2)22-11-5-6-12-22/h4,7-10,13-16,18,22,29,31,34H,2,5-6,11-12,17H2,1,3H3. The van der Waals surface area contributed by atoms with Crippen molar-refractivity contribution in [1.82, 2.24) is 14.6 Å². The Morgan fingerprint density at radius 3 is 2.74 bits per heavy atom. The molecule has 1 fully saturated rings. The number of hydrogen-bond acceptors (Lipinski definition) is 4. The van der Waals surface area contributed by atoms with Crippen LogP contribution in [0.25, 0.3) is 16.9 Å². The average molecular weight is 470 g/mol. The van der Waals surface area contributed by atoms with Gasteiger partial charge in [0, 0.05) is 34.9 Å². The first-order valence-electron chi connectivity index (χ1n) is 12.0. The van der Waals surface area contributed by atoms with E-state index in [4.69, 9.17) is 4.98 Å². The van der Waals surface area contributed by atoms with Crippen molar-refractivity contribution in [3.05, 3.63) is 84.2 Å². The fourth-order valence-electron chi connectivity index (χ4n) is 4.78. The lowest BCUT2D eigenvalue weighted by molar-refractivity contribution is 0.649. The van der Waals surface area contributed by atoms with Crippen LogP contribution < -0.4 is 15.9 Å². The summed E-state index contributed by atoms with van der Waals surface area (Å²) in [7, 11) is 0.638. The molecule has 0 amide bonds. The molecule has 6 heteroatoms. The van der Waals surface area contributed by atoms with Crippen LogP contribution in [0.2, 0.25) is 0 Å². The first-order valence-corrected chi connectivity index (χ1v) is 13.5. The summed E-state index contributed by atoms with van der Waals surface area (Å²) >= 11 is 0. The summed E-state index contributed by atoms with van der Waals surface area (Å²) in [6.07, 6.45) is 7.06. The Morgan fingerprint density at radius 2 is 1.94 bits per heavy atom. The third kappa shape index (κ3) is 4.71. The summed E-state index contributed by atoms with van der Waals surface area (Å²) in [6.45, 7) is 9.30. The van der Waals surface area contributed by atoms with E-state index in [1.807, 2.05) is 10.7 Å². The Morgan fingerprint density at radius 1 is 1.12 bits per heavy atom. The molecule has 2 heterocycles. The van der Waals surface area contributed by atoms with Crippen LogP contribution in [0.15, 0.2) is 73.1 Å². The molecular weight excluding hydrogens is 437 g/mol. The van der Waals surface area contributed by atoms with Crippen LogP contribution in [0.4, 0.5) is 11.5 Å². The zero-order chi connectivity index (χ0) is 23.5. The zero-order valence-electron chi connectivity index (χ0n) is 19.9. The van der Waals surface area contributed by atoms with E-state index in [0.29, 0.717) is 21.0 Å². The summed E-state index contributed by atoms with van der Waals surface area (Å²) in [5, 5.41) is 13.0. The van der Waals surface area contributed by atoms with Gasteiger partial charge in [-0.1, -0.05) is 64.4 Å². The van der Waals surface area contributed by atoms with E-state index >= 15 is 0 Å². The molecule has 0 bridgehead atoms. The monoisotopic (exact) mass is 469 g/mol. The quantitative estimate of drug-likeness (QED) is 0.295. The second kappa shape index (κ2) is 9.99. The number of benzene rings is 2. The lowest BCUT2D eigenvalue weighted by Gasteiger charge is -2.16. The first kappa shape index (κ1) is 22.6. The Bertz CT molecular complexity index is 1320. The molecule has 174 valence electrons. The molecule has 2 aromatic carbocycles. The maximum atomic E-state index is 4.98. The summed E-state index contributed by atoms with van der Waals surface area (Å²) in [4.78, 5) is 4.98. The van der Waals surface area contributed by atoms with Gasteiger partial charge in [0.1, 0.15) is 5.82 Å². The highest BCUT2D eigenvalue weighted by Gasteiger charge is 2.18. The predicted octanol–water partition coefficient (Wildman–Crippen LogP) is 6.37. The number of aryl methyl sites for hydroxylation is 1. The molecule has 1 unspecified atom stereocenters. The van der Waals surface area contributed by atoms with Gasteiger partial charge in [-0.3, -0.25) is 0 Å². The van der Waals surface area contributed by atoms with Crippen LogP contribution in [-0.4, -0.2) is 21.3 Å². The highest BCUT2D eigenvalue weighted by atomic mass is 31.1. The van der Waals surface area contributed by atoms with Crippen LogP contribution >= 0.6 is 8.58 Å². The van der Waals surface area contributed by atoms with Gasteiger partial charge in [-0.25, -0.2) is 4.98 Å². The van der Waals surface area contributed by atoms with Gasteiger partial charge in [0.2, 0.25) is 0 Å². The number of rotatable bonds is 8. The third-order valence-corrected chi connectivity index (χ3v) is 7.61. The molecular formula is C28H32N5P. The smallest absolute Gasteiger partial charge is 0.165 e. The van der Waals surface area contributed by atoms with E-state index in [9.17, 15) is 0 Å². The van der Waals surface area contributed by atoms with Crippen LogP contribution in [0.3, 0.4) is 0 Å². The van der Waals surface area contributed by atoms with Gasteiger partial charge in [-0.2, -0.15) is 9.61 Å². The molecule has 5 rings (SSSR count). The van der Waals surface area contributed by atoms with Crippen LogP contribution in [0.1, 0.15) is 36.8 Å². The lowest BCUT2D eigenvalue weighted by Crippen LogP contribution is -2.09. The van der Waals surface area contributed by atoms with E-state index in [2.05, 4.69) is 90.5 Å². The van der Waals surface area contributed by atoms with Crippen LogP contribution in [-0.2, 0) is 6.54 Å². The van der Waals surface area contributed by atoms with E-state index < -0.39 is 0 Å². The van der Waals surface area contributed by atoms with Crippen molar-refractivity contribution in [2.45, 2.75) is 39.2 Å². The second-order valence-electron chi connectivity index (χ2n) is 9.07. The largest absolute Gasteiger partial charge is 0.366 e. The zero-order valence-corrected chi connectivity index (χ0v) is 20.9. The first-order chi connectivity index (χ1) is 16.6. The summed E-state index contributed by atoms with van der Waals surface area (Å²) in [5.74, 6) is 1.54. The van der Waals surface area contributed by atoms with Crippen molar-refractivity contribution in [3.63, 3.8) is 0 Å². The molecule has 34 heavy (non-hydrogen) atoms. The van der Waals surface area contributed by atoms with Gasteiger partial charge in [-0.15, -0.1) is 0 Å². The summed E-state index contributed by atoms with van der Waals surface area (Å²) < 4.78 is 1.93. The van der Waals surface area contributed by atoms with Crippen molar-refractivity contribution in [3.8, 4) is 11.3 Å². The Balaban J connectivity index is 1.40. The van der Waals surface area contributed by atoms with Gasteiger partial charge in [0.15, 0.2) is 5.65 Å². The van der Waals surface area contributed by atoms with Crippen LogP contribution in [0, 0.1) is 12.8 Å². The number of aromatic nitrogens is 3. The number of nitrogens with one attached hydrogen (secondary N) is 2. The maximum absolute atomic E-state index is 4.98. The molecule has 0 saturated heterocycles. The van der Waals surface area contributed by atoms with Crippen molar-refractivity contribution < 1.29 is 0 Å². The highest BCUT2D eigenvalue weighted by Crippen LogP contribution is 2.31. The Kier molecular flexibility index (Phi) is 6.64. The van der Waals surface area contributed by atoms with Gasteiger partial charge in [0.05, 0.1) is 11.9 Å². The summed E-state index contributed by atoms with van der Waals surface area (Å²) in [5.41, 5.74) is 7.71. The van der Waals surface area contributed by atoms with Crippen molar-refractivity contribution >= 4 is 31.0 Å². The molecule has 4 aromatic rings. The minimum absolute atomic E-state index is 0.597. The minimum atomic E-state index is 0.597. The van der Waals surface area contributed by atoms with Gasteiger partial charge in [0.25, 0.3) is 0 Å². The highest BCUT2D eigenvalue weighted by molar-refractivity contribution is 7.46. The van der Waals surface area contributed by atoms with Gasteiger partial charge in [-0.05, 0) is 55.6 Å².